The second-order valence-electron chi connectivity index (χ2n) is 11.9. The average molecular weight is 601 g/mol. The Morgan fingerprint density at radius 3 is 2.56 bits per heavy atom. The Labute approximate surface area is 253 Å². The van der Waals surface area contributed by atoms with Crippen LogP contribution in [-0.4, -0.2) is 58.2 Å². The van der Waals surface area contributed by atoms with Crippen molar-refractivity contribution in [2.24, 2.45) is 17.8 Å². The van der Waals surface area contributed by atoms with Crippen LogP contribution in [0.2, 0.25) is 5.02 Å². The molecule has 2 N–H and O–H groups in total. The molecule has 6 nitrogen and oxygen atoms in total. The van der Waals surface area contributed by atoms with Crippen LogP contribution in [0.4, 0.5) is 0 Å². The predicted molar refractivity (Wildman–Crippen MR) is 168 cm³/mol. The Bertz CT molecular complexity index is 1220. The molecule has 1 saturated carbocycles. The summed E-state index contributed by atoms with van der Waals surface area (Å²) in [6.07, 6.45) is 8.22. The Morgan fingerprint density at radius 2 is 1.88 bits per heavy atom. The number of carbonyl (C=O) groups excluding carboxylic acids is 1. The van der Waals surface area contributed by atoms with Crippen molar-refractivity contribution in [1.82, 2.24) is 9.62 Å². The van der Waals surface area contributed by atoms with Crippen LogP contribution in [0.3, 0.4) is 0 Å². The van der Waals surface area contributed by atoms with E-state index in [2.05, 4.69) is 35.7 Å². The monoisotopic (exact) mass is 600 g/mol. The van der Waals surface area contributed by atoms with E-state index in [1.807, 2.05) is 32.1 Å². The molecule has 5 rings (SSSR count). The molecule has 2 aliphatic heterocycles. The lowest BCUT2D eigenvalue weighted by molar-refractivity contribution is 0.0246. The van der Waals surface area contributed by atoms with Gasteiger partial charge in [0, 0.05) is 29.6 Å². The van der Waals surface area contributed by atoms with Crippen molar-refractivity contribution in [3.63, 3.8) is 0 Å². The number of hydrogen-bond acceptors (Lipinski definition) is 5. The van der Waals surface area contributed by atoms with Gasteiger partial charge >= 0.3 is 0 Å². The zero-order valence-corrected chi connectivity index (χ0v) is 26.3. The molecule has 3 aliphatic rings. The van der Waals surface area contributed by atoms with Gasteiger partial charge in [-0.15, -0.1) is 0 Å². The van der Waals surface area contributed by atoms with Crippen molar-refractivity contribution in [3.05, 3.63) is 76.3 Å². The van der Waals surface area contributed by atoms with Gasteiger partial charge in [0.25, 0.3) is 5.91 Å². The number of hydrogen-bond donors (Lipinski definition) is 2. The fourth-order valence-electron chi connectivity index (χ4n) is 5.94. The molecule has 224 valence electrons. The average Bonchev–Trinajstić information content (AvgIpc) is 2.93. The van der Waals surface area contributed by atoms with Gasteiger partial charge in [0.2, 0.25) is 0 Å². The Hall–Kier alpha value is -2.19. The van der Waals surface area contributed by atoms with Crippen LogP contribution in [0.1, 0.15) is 73.9 Å². The van der Waals surface area contributed by atoms with E-state index in [1.54, 1.807) is 24.3 Å². The van der Waals surface area contributed by atoms with E-state index < -0.39 is 17.1 Å². The zero-order valence-electron chi connectivity index (χ0n) is 24.7. The number of likely N-dealkylation sites (N-methyl/N-ethyl adjacent to an activating group) is 1. The molecule has 7 unspecified atom stereocenters. The molecular formula is C33H45ClN2O4S. The fourth-order valence-corrected chi connectivity index (χ4v) is 7.16. The summed E-state index contributed by atoms with van der Waals surface area (Å²) in [6.45, 7) is 8.30. The molecule has 2 aromatic carbocycles. The molecule has 41 heavy (non-hydrogen) atoms. The third kappa shape index (κ3) is 8.44. The van der Waals surface area contributed by atoms with Gasteiger partial charge in [-0.2, -0.15) is 0 Å². The molecule has 1 amide bonds. The van der Waals surface area contributed by atoms with Crippen LogP contribution in [-0.2, 0) is 17.4 Å². The van der Waals surface area contributed by atoms with Crippen LogP contribution in [0.15, 0.2) is 54.6 Å². The van der Waals surface area contributed by atoms with Gasteiger partial charge < -0.3 is 14.7 Å². The van der Waals surface area contributed by atoms with Gasteiger partial charge in [0.15, 0.2) is 0 Å². The van der Waals surface area contributed by atoms with Crippen LogP contribution in [0.5, 0.6) is 5.75 Å². The maximum Gasteiger partial charge on any atom is 0.262 e. The standard InChI is InChI=1S/C33H45ClN2O4S/c1-5-7-25-18-28(34)13-17-30(25)27-20-36(4)19-26-12-16-31(26)32(37)9-6-8-22(2)23(3)41(39)35-33(38)24-10-14-29(15-11-24)40-21-27/h6,9-11,13-15,17-18,22-23,26-27,31-32,37H,5,7-8,12,16,19-21H2,1-4H3,(H,35,38)/b9-6+. The number of nitrogens with one attached hydrogen (secondary N) is 1. The molecule has 1 fully saturated rings. The summed E-state index contributed by atoms with van der Waals surface area (Å²) in [6, 6.07) is 13.2. The number of aliphatic hydroxyl groups excluding tert-OH is 1. The summed E-state index contributed by atoms with van der Waals surface area (Å²) in [7, 11) is 0.633. The van der Waals surface area contributed by atoms with E-state index in [-0.39, 0.29) is 28.9 Å². The highest BCUT2D eigenvalue weighted by molar-refractivity contribution is 7.84. The Morgan fingerprint density at radius 1 is 1.12 bits per heavy atom. The van der Waals surface area contributed by atoms with E-state index in [0.717, 1.165) is 43.8 Å². The van der Waals surface area contributed by atoms with E-state index in [0.29, 0.717) is 30.3 Å². The first-order valence-electron chi connectivity index (χ1n) is 14.9. The molecule has 0 aromatic heterocycles. The quantitative estimate of drug-likeness (QED) is 0.413. The largest absolute Gasteiger partial charge is 0.493 e. The van der Waals surface area contributed by atoms with E-state index >= 15 is 0 Å². The molecule has 0 radical (unpaired) electrons. The molecule has 2 bridgehead atoms. The lowest BCUT2D eigenvalue weighted by atomic mass is 9.70. The minimum absolute atomic E-state index is 0.0789. The topological polar surface area (TPSA) is 78.9 Å². The van der Waals surface area contributed by atoms with Crippen molar-refractivity contribution in [2.45, 2.75) is 70.1 Å². The number of allylic oxidation sites excluding steroid dienone is 1. The van der Waals surface area contributed by atoms with Crippen molar-refractivity contribution in [2.75, 3.05) is 26.7 Å². The first-order chi connectivity index (χ1) is 19.7. The Balaban J connectivity index is 1.60. The Kier molecular flexibility index (Phi) is 11.5. The van der Waals surface area contributed by atoms with Crippen LogP contribution < -0.4 is 9.46 Å². The summed E-state index contributed by atoms with van der Waals surface area (Å²) in [5, 5.41) is 11.5. The highest BCUT2D eigenvalue weighted by Gasteiger charge is 2.36. The van der Waals surface area contributed by atoms with E-state index in [4.69, 9.17) is 16.3 Å². The molecule has 7 atom stereocenters. The normalized spacial score (nSPS) is 31.2. The molecule has 0 spiro atoms. The second kappa shape index (κ2) is 14.8. The third-order valence-electron chi connectivity index (χ3n) is 8.80. The summed E-state index contributed by atoms with van der Waals surface area (Å²) >= 11 is 6.38. The van der Waals surface area contributed by atoms with Crippen molar-refractivity contribution in [1.29, 1.82) is 0 Å². The predicted octanol–water partition coefficient (Wildman–Crippen LogP) is 6.15. The summed E-state index contributed by atoms with van der Waals surface area (Å²) in [5.74, 6) is 1.18. The van der Waals surface area contributed by atoms with Gasteiger partial charge in [-0.05, 0) is 105 Å². The van der Waals surface area contributed by atoms with Gasteiger partial charge in [-0.25, -0.2) is 4.21 Å². The fraction of sp³-hybridized carbons (Fsp3) is 0.545. The number of fused-ring (bicyclic) bond motifs is 14. The van der Waals surface area contributed by atoms with Gasteiger partial charge in [0.05, 0.1) is 18.0 Å². The minimum Gasteiger partial charge on any atom is -0.493 e. The van der Waals surface area contributed by atoms with E-state index in [1.165, 1.54) is 11.1 Å². The molecule has 2 aromatic rings. The molecule has 0 saturated heterocycles. The summed E-state index contributed by atoms with van der Waals surface area (Å²) < 4.78 is 21.9. The third-order valence-corrected chi connectivity index (χ3v) is 10.6. The van der Waals surface area contributed by atoms with Crippen molar-refractivity contribution >= 4 is 28.5 Å². The maximum absolute atomic E-state index is 12.9. The highest BCUT2D eigenvalue weighted by atomic mass is 35.5. The number of nitrogens with zero attached hydrogens (tertiary/aromatic N) is 1. The van der Waals surface area contributed by atoms with E-state index in [9.17, 15) is 14.1 Å². The molecule has 2 heterocycles. The van der Waals surface area contributed by atoms with Crippen LogP contribution >= 0.6 is 11.6 Å². The van der Waals surface area contributed by atoms with Gasteiger partial charge in [-0.1, -0.05) is 50.1 Å². The smallest absolute Gasteiger partial charge is 0.262 e. The maximum atomic E-state index is 12.9. The number of ether oxygens (including phenoxy) is 1. The number of aryl methyl sites for hydroxylation is 1. The van der Waals surface area contributed by atoms with Gasteiger partial charge in [-0.3, -0.25) is 9.52 Å². The molecule has 8 heteroatoms. The molecular weight excluding hydrogens is 556 g/mol. The van der Waals surface area contributed by atoms with Crippen molar-refractivity contribution in [3.8, 4) is 5.75 Å². The molecule has 1 aliphatic carbocycles. The minimum atomic E-state index is -1.53. The first-order valence-corrected chi connectivity index (χ1v) is 16.5. The van der Waals surface area contributed by atoms with Crippen molar-refractivity contribution < 1.29 is 18.8 Å². The first kappa shape index (κ1) is 31.7. The number of amides is 1. The second-order valence-corrected chi connectivity index (χ2v) is 13.9. The number of carbonyl (C=O) groups is 1. The SMILES string of the molecule is CCCc1cc(Cl)ccc1C1COc2ccc(cc2)C(=O)NS(=O)C(C)C(C)C/C=C/C(O)C2CCC2CN(C)C1. The highest BCUT2D eigenvalue weighted by Crippen LogP contribution is 2.38. The lowest BCUT2D eigenvalue weighted by Crippen LogP contribution is -2.43. The summed E-state index contributed by atoms with van der Waals surface area (Å²) in [5.41, 5.74) is 2.93. The van der Waals surface area contributed by atoms with Crippen LogP contribution in [0.25, 0.3) is 0 Å². The number of halogens is 1. The van der Waals surface area contributed by atoms with Gasteiger partial charge in [0.1, 0.15) is 16.7 Å². The number of aliphatic hydroxyl groups is 1. The lowest BCUT2D eigenvalue weighted by Gasteiger charge is -2.41. The number of rotatable bonds is 3. The zero-order chi connectivity index (χ0) is 29.5. The number of benzene rings is 2. The van der Waals surface area contributed by atoms with Crippen LogP contribution in [0, 0.1) is 17.8 Å². The summed E-state index contributed by atoms with van der Waals surface area (Å²) in [4.78, 5) is 15.2.